The van der Waals surface area contributed by atoms with Gasteiger partial charge >= 0.3 is 0 Å². The lowest BCUT2D eigenvalue weighted by Gasteiger charge is -2.39. The molecule has 9 heteroatoms. The number of rotatable bonds is 4. The number of hydrogen-bond acceptors (Lipinski definition) is 8. The number of piperazine rings is 1. The van der Waals surface area contributed by atoms with Gasteiger partial charge in [-0.25, -0.2) is 0 Å². The lowest BCUT2D eigenvalue weighted by atomic mass is 10.2. The van der Waals surface area contributed by atoms with Gasteiger partial charge in [0.25, 0.3) is 0 Å². The van der Waals surface area contributed by atoms with E-state index < -0.39 is 0 Å². The number of anilines is 1. The van der Waals surface area contributed by atoms with E-state index in [2.05, 4.69) is 42.2 Å². The highest BCUT2D eigenvalue weighted by molar-refractivity contribution is 5.46. The molecular formula is C16H20N8O. The normalized spacial score (nSPS) is 22.0. The topological polar surface area (TPSA) is 88.5 Å². The molecule has 25 heavy (non-hydrogen) atoms. The molecule has 1 saturated heterocycles. The van der Waals surface area contributed by atoms with Crippen LogP contribution < -0.4 is 4.90 Å². The zero-order valence-corrected chi connectivity index (χ0v) is 14.1. The van der Waals surface area contributed by atoms with Crippen LogP contribution in [-0.4, -0.2) is 60.5 Å². The van der Waals surface area contributed by atoms with Crippen molar-refractivity contribution in [1.29, 1.82) is 0 Å². The Kier molecular flexibility index (Phi) is 3.40. The largest absolute Gasteiger partial charge is 0.350 e. The third-order valence-corrected chi connectivity index (χ3v) is 4.94. The molecule has 1 aliphatic carbocycles. The van der Waals surface area contributed by atoms with Gasteiger partial charge in [-0.1, -0.05) is 5.16 Å². The van der Waals surface area contributed by atoms with E-state index in [1.165, 1.54) is 12.8 Å². The van der Waals surface area contributed by atoms with Gasteiger partial charge in [0.2, 0.25) is 5.89 Å². The summed E-state index contributed by atoms with van der Waals surface area (Å²) in [5.41, 5.74) is 0.762. The fourth-order valence-corrected chi connectivity index (χ4v) is 3.42. The van der Waals surface area contributed by atoms with Gasteiger partial charge in [-0.2, -0.15) is 9.50 Å². The molecule has 0 radical (unpaired) electrons. The fraction of sp³-hybridized carbons (Fsp3) is 0.562. The van der Waals surface area contributed by atoms with E-state index in [9.17, 15) is 0 Å². The van der Waals surface area contributed by atoms with Gasteiger partial charge in [0.05, 0.1) is 6.54 Å². The SMILES string of the molecule is CC1CN(Cc2nc(C3CC3)no2)CCN1c1ccc2nncn2n1. The first-order valence-corrected chi connectivity index (χ1v) is 8.75. The molecule has 0 spiro atoms. The van der Waals surface area contributed by atoms with Crippen LogP contribution >= 0.6 is 0 Å². The predicted octanol–water partition coefficient (Wildman–Crippen LogP) is 1.10. The first-order chi connectivity index (χ1) is 12.3. The summed E-state index contributed by atoms with van der Waals surface area (Å²) in [4.78, 5) is 9.22. The van der Waals surface area contributed by atoms with E-state index in [1.54, 1.807) is 10.8 Å². The molecule has 0 N–H and O–H groups in total. The van der Waals surface area contributed by atoms with Crippen molar-refractivity contribution in [2.24, 2.45) is 0 Å². The highest BCUT2D eigenvalue weighted by atomic mass is 16.5. The van der Waals surface area contributed by atoms with E-state index in [-0.39, 0.29) is 0 Å². The summed E-state index contributed by atoms with van der Waals surface area (Å²) >= 11 is 0. The van der Waals surface area contributed by atoms with Crippen molar-refractivity contribution in [3.8, 4) is 0 Å². The van der Waals surface area contributed by atoms with Crippen LogP contribution in [0.3, 0.4) is 0 Å². The highest BCUT2D eigenvalue weighted by Crippen LogP contribution is 2.38. The van der Waals surface area contributed by atoms with E-state index in [4.69, 9.17) is 4.52 Å². The van der Waals surface area contributed by atoms with E-state index in [0.717, 1.165) is 49.4 Å². The molecule has 1 atom stereocenters. The van der Waals surface area contributed by atoms with Crippen LogP contribution in [0.1, 0.15) is 37.4 Å². The van der Waals surface area contributed by atoms with Crippen molar-refractivity contribution < 1.29 is 4.52 Å². The van der Waals surface area contributed by atoms with Gasteiger partial charge in [-0.15, -0.1) is 15.3 Å². The minimum atomic E-state index is 0.348. The van der Waals surface area contributed by atoms with Crippen molar-refractivity contribution in [1.82, 2.24) is 34.9 Å². The molecule has 3 aromatic rings. The molecule has 3 aromatic heterocycles. The number of hydrogen-bond donors (Lipinski definition) is 0. The lowest BCUT2D eigenvalue weighted by Crippen LogP contribution is -2.52. The van der Waals surface area contributed by atoms with Crippen LogP contribution in [0, 0.1) is 0 Å². The number of fused-ring (bicyclic) bond motifs is 1. The van der Waals surface area contributed by atoms with Crippen LogP contribution in [0.15, 0.2) is 23.0 Å². The molecule has 2 aliphatic rings. The minimum absolute atomic E-state index is 0.348. The molecule has 1 aliphatic heterocycles. The Labute approximate surface area is 144 Å². The Morgan fingerprint density at radius 3 is 3.00 bits per heavy atom. The number of nitrogens with zero attached hydrogens (tertiary/aromatic N) is 8. The second-order valence-electron chi connectivity index (χ2n) is 6.92. The molecule has 4 heterocycles. The van der Waals surface area contributed by atoms with Crippen LogP contribution in [0.4, 0.5) is 5.82 Å². The highest BCUT2D eigenvalue weighted by Gasteiger charge is 2.30. The molecule has 0 bridgehead atoms. The zero-order valence-electron chi connectivity index (χ0n) is 14.1. The second-order valence-corrected chi connectivity index (χ2v) is 6.92. The van der Waals surface area contributed by atoms with Gasteiger partial charge < -0.3 is 9.42 Å². The second kappa shape index (κ2) is 5.76. The maximum absolute atomic E-state index is 5.41. The van der Waals surface area contributed by atoms with Gasteiger partial charge in [-0.05, 0) is 31.9 Å². The molecule has 1 unspecified atom stereocenters. The lowest BCUT2D eigenvalue weighted by molar-refractivity contribution is 0.193. The summed E-state index contributed by atoms with van der Waals surface area (Å²) in [5.74, 6) is 3.10. The smallest absolute Gasteiger partial charge is 0.240 e. The first-order valence-electron chi connectivity index (χ1n) is 8.75. The summed E-state index contributed by atoms with van der Waals surface area (Å²) in [6, 6.07) is 4.31. The van der Waals surface area contributed by atoms with Crippen LogP contribution in [0.25, 0.3) is 5.65 Å². The van der Waals surface area contributed by atoms with Crippen molar-refractivity contribution in [2.45, 2.75) is 38.3 Å². The average Bonchev–Trinajstić information content (AvgIpc) is 3.17. The molecule has 2 fully saturated rings. The molecule has 0 aromatic carbocycles. The van der Waals surface area contributed by atoms with Crippen LogP contribution in [0.2, 0.25) is 0 Å². The monoisotopic (exact) mass is 340 g/mol. The van der Waals surface area contributed by atoms with Gasteiger partial charge in [0.15, 0.2) is 11.5 Å². The average molecular weight is 340 g/mol. The zero-order chi connectivity index (χ0) is 16.8. The Morgan fingerprint density at radius 1 is 1.24 bits per heavy atom. The maximum atomic E-state index is 5.41. The molecule has 5 rings (SSSR count). The maximum Gasteiger partial charge on any atom is 0.240 e. The molecular weight excluding hydrogens is 320 g/mol. The molecule has 130 valence electrons. The van der Waals surface area contributed by atoms with E-state index >= 15 is 0 Å². The summed E-state index contributed by atoms with van der Waals surface area (Å²) in [7, 11) is 0. The molecule has 9 nitrogen and oxygen atoms in total. The van der Waals surface area contributed by atoms with Crippen molar-refractivity contribution in [3.05, 3.63) is 30.2 Å². The summed E-state index contributed by atoms with van der Waals surface area (Å²) in [5, 5.41) is 16.6. The minimum Gasteiger partial charge on any atom is -0.350 e. The summed E-state index contributed by atoms with van der Waals surface area (Å²) < 4.78 is 7.12. The van der Waals surface area contributed by atoms with Gasteiger partial charge in [0.1, 0.15) is 12.1 Å². The third-order valence-electron chi connectivity index (χ3n) is 4.94. The Hall–Kier alpha value is -2.55. The standard InChI is InChI=1S/C16H20N8O/c1-11-8-22(9-15-18-16(21-25-15)12-2-3-12)6-7-23(11)14-5-4-13-19-17-10-24(13)20-14/h4-5,10-12H,2-3,6-9H2,1H3. The van der Waals surface area contributed by atoms with Gasteiger partial charge in [0, 0.05) is 31.6 Å². The molecule has 0 amide bonds. The van der Waals surface area contributed by atoms with Crippen LogP contribution in [0.5, 0.6) is 0 Å². The van der Waals surface area contributed by atoms with E-state index in [0.29, 0.717) is 12.0 Å². The quantitative estimate of drug-likeness (QED) is 0.697. The first kappa shape index (κ1) is 14.8. The van der Waals surface area contributed by atoms with Crippen molar-refractivity contribution >= 4 is 11.5 Å². The van der Waals surface area contributed by atoms with Crippen molar-refractivity contribution in [3.63, 3.8) is 0 Å². The Morgan fingerprint density at radius 2 is 2.16 bits per heavy atom. The summed E-state index contributed by atoms with van der Waals surface area (Å²) in [6.45, 7) is 5.71. The third kappa shape index (κ3) is 2.84. The predicted molar refractivity (Wildman–Crippen MR) is 89.1 cm³/mol. The molecule has 1 saturated carbocycles. The fourth-order valence-electron chi connectivity index (χ4n) is 3.42. The van der Waals surface area contributed by atoms with Crippen LogP contribution in [-0.2, 0) is 6.54 Å². The van der Waals surface area contributed by atoms with Crippen molar-refractivity contribution in [2.75, 3.05) is 24.5 Å². The summed E-state index contributed by atoms with van der Waals surface area (Å²) in [6.07, 6.45) is 4.02. The van der Waals surface area contributed by atoms with Gasteiger partial charge in [-0.3, -0.25) is 4.90 Å². The Balaban J connectivity index is 1.26. The van der Waals surface area contributed by atoms with E-state index in [1.807, 2.05) is 12.1 Å². The number of aromatic nitrogens is 6. The Bertz CT molecular complexity index is 885.